The number of aromatic carboxylic acids is 4. The van der Waals surface area contributed by atoms with Crippen molar-refractivity contribution in [1.82, 2.24) is 7.96 Å². The fraction of sp³-hybridized carbons (Fsp3) is 0. The molecule has 0 unspecified atom stereocenters. The number of hydrogen-bond donors (Lipinski definition) is 4. The van der Waals surface area contributed by atoms with Crippen molar-refractivity contribution in [3.63, 3.8) is 0 Å². The van der Waals surface area contributed by atoms with Crippen LogP contribution in [0.2, 0.25) is 0 Å². The van der Waals surface area contributed by atoms with Gasteiger partial charge in [-0.1, -0.05) is 0 Å². The van der Waals surface area contributed by atoms with Crippen molar-refractivity contribution in [3.8, 4) is 22.3 Å². The van der Waals surface area contributed by atoms with Crippen LogP contribution in [0.3, 0.4) is 0 Å². The molecule has 1 heterocycles. The fourth-order valence-electron chi connectivity index (χ4n) is 3.39. The number of benzene rings is 3. The van der Waals surface area contributed by atoms with Gasteiger partial charge in [0.2, 0.25) is 0 Å². The van der Waals surface area contributed by atoms with Crippen molar-refractivity contribution in [2.24, 2.45) is 0 Å². The third-order valence-electron chi connectivity index (χ3n) is 4.89. The van der Waals surface area contributed by atoms with Gasteiger partial charge in [0.15, 0.2) is 0 Å². The number of fused-ring (bicyclic) bond motifs is 1. The normalized spacial score (nSPS) is 10.8. The molecular formula is C22H12N2O8Se. The SMILES string of the molecule is O=C(O)c1cc(C(=O)O)cc(-c2ccc(-c3cc(C(=O)O)cc(C(=O)O)c3)c3n[se]nc23)c1. The predicted octanol–water partition coefficient (Wildman–Crippen LogP) is 2.81. The van der Waals surface area contributed by atoms with Gasteiger partial charge in [-0.15, -0.1) is 0 Å². The van der Waals surface area contributed by atoms with E-state index in [2.05, 4.69) is 7.96 Å². The summed E-state index contributed by atoms with van der Waals surface area (Å²) in [4.78, 5) is 45.9. The first-order valence-corrected chi connectivity index (χ1v) is 10.7. The Kier molecular flexibility index (Phi) is 5.50. The molecule has 0 atom stereocenters. The first-order chi connectivity index (χ1) is 15.7. The molecule has 4 aromatic rings. The van der Waals surface area contributed by atoms with E-state index in [1.807, 2.05) is 0 Å². The average molecular weight is 511 g/mol. The van der Waals surface area contributed by atoms with Crippen LogP contribution >= 0.6 is 0 Å². The number of hydrogen-bond acceptors (Lipinski definition) is 6. The van der Waals surface area contributed by atoms with E-state index in [4.69, 9.17) is 0 Å². The van der Waals surface area contributed by atoms with Gasteiger partial charge in [0, 0.05) is 0 Å². The Bertz CT molecular complexity index is 1320. The molecule has 0 radical (unpaired) electrons. The molecule has 0 bridgehead atoms. The summed E-state index contributed by atoms with van der Waals surface area (Å²) in [6.45, 7) is 0. The van der Waals surface area contributed by atoms with Gasteiger partial charge in [0.25, 0.3) is 0 Å². The van der Waals surface area contributed by atoms with Gasteiger partial charge in [0.05, 0.1) is 0 Å². The molecule has 33 heavy (non-hydrogen) atoms. The Morgan fingerprint density at radius 2 is 0.848 bits per heavy atom. The van der Waals surface area contributed by atoms with Crippen LogP contribution in [-0.4, -0.2) is 67.2 Å². The molecular weight excluding hydrogens is 499 g/mol. The number of carboxylic acids is 4. The minimum absolute atomic E-state index is 0.205. The molecule has 1 aromatic heterocycles. The standard InChI is InChI=1S/C22H12N2O8Se/c25-19(26)11-3-9(4-12(7-11)20(27)28)15-1-2-16(18-17(15)23-33-24-18)10-5-13(21(29)30)8-14(6-10)22(31)32/h1-8H,(H,25,26)(H,27,28)(H,29,30)(H,31,32). The van der Waals surface area contributed by atoms with Crippen LogP contribution in [0.25, 0.3) is 33.3 Å². The number of carbonyl (C=O) groups is 4. The van der Waals surface area contributed by atoms with E-state index in [1.165, 1.54) is 24.3 Å². The molecule has 11 heteroatoms. The fourth-order valence-corrected chi connectivity index (χ4v) is 4.60. The van der Waals surface area contributed by atoms with Gasteiger partial charge in [-0.05, 0) is 0 Å². The van der Waals surface area contributed by atoms with E-state index < -0.39 is 38.8 Å². The van der Waals surface area contributed by atoms with Crippen LogP contribution in [0, 0.1) is 0 Å². The molecule has 0 saturated carbocycles. The minimum atomic E-state index is -1.29. The number of aromatic nitrogens is 2. The van der Waals surface area contributed by atoms with Crippen LogP contribution in [0.5, 0.6) is 0 Å². The molecule has 0 amide bonds. The van der Waals surface area contributed by atoms with Crippen molar-refractivity contribution < 1.29 is 39.6 Å². The van der Waals surface area contributed by atoms with Crippen LogP contribution in [-0.2, 0) is 0 Å². The molecule has 4 rings (SSSR count). The molecule has 4 N–H and O–H groups in total. The zero-order valence-corrected chi connectivity index (χ0v) is 18.1. The van der Waals surface area contributed by atoms with Crippen LogP contribution in [0.4, 0.5) is 0 Å². The summed E-state index contributed by atoms with van der Waals surface area (Å²) in [5.41, 5.74) is 1.51. The van der Waals surface area contributed by atoms with Crippen molar-refractivity contribution in [3.05, 3.63) is 70.8 Å². The predicted molar refractivity (Wildman–Crippen MR) is 115 cm³/mol. The molecule has 10 nitrogen and oxygen atoms in total. The number of nitrogens with zero attached hydrogens (tertiary/aromatic N) is 2. The van der Waals surface area contributed by atoms with Crippen molar-refractivity contribution in [2.45, 2.75) is 0 Å². The van der Waals surface area contributed by atoms with E-state index in [0.29, 0.717) is 33.3 Å². The molecule has 0 aliphatic heterocycles. The second-order valence-electron chi connectivity index (χ2n) is 6.94. The van der Waals surface area contributed by atoms with Gasteiger partial charge in [-0.25, -0.2) is 0 Å². The number of rotatable bonds is 6. The summed E-state index contributed by atoms with van der Waals surface area (Å²) < 4.78 is 8.79. The van der Waals surface area contributed by atoms with Gasteiger partial charge < -0.3 is 0 Å². The van der Waals surface area contributed by atoms with Crippen LogP contribution in [0.15, 0.2) is 48.5 Å². The van der Waals surface area contributed by atoms with E-state index in [9.17, 15) is 39.6 Å². The Morgan fingerprint density at radius 1 is 0.545 bits per heavy atom. The second-order valence-corrected chi connectivity index (χ2v) is 8.05. The van der Waals surface area contributed by atoms with Gasteiger partial charge in [-0.3, -0.25) is 0 Å². The Balaban J connectivity index is 1.95. The van der Waals surface area contributed by atoms with Crippen LogP contribution < -0.4 is 0 Å². The molecule has 0 aliphatic rings. The zero-order chi connectivity index (χ0) is 23.9. The van der Waals surface area contributed by atoms with E-state index >= 15 is 0 Å². The monoisotopic (exact) mass is 512 g/mol. The average Bonchev–Trinajstić information content (AvgIpc) is 3.27. The van der Waals surface area contributed by atoms with Crippen LogP contribution in [0.1, 0.15) is 41.4 Å². The van der Waals surface area contributed by atoms with E-state index in [0.717, 1.165) is 12.1 Å². The Hall–Kier alpha value is -4.34. The Morgan fingerprint density at radius 3 is 1.12 bits per heavy atom. The molecule has 0 spiro atoms. The van der Waals surface area contributed by atoms with Gasteiger partial charge in [-0.2, -0.15) is 0 Å². The molecule has 0 fully saturated rings. The topological polar surface area (TPSA) is 175 Å². The Labute approximate surface area is 190 Å². The quantitative estimate of drug-likeness (QED) is 0.282. The van der Waals surface area contributed by atoms with Crippen molar-refractivity contribution >= 4 is 49.9 Å². The molecule has 0 aliphatic carbocycles. The summed E-state index contributed by atoms with van der Waals surface area (Å²) in [6, 6.07) is 10.6. The third kappa shape index (κ3) is 4.10. The summed E-state index contributed by atoms with van der Waals surface area (Å²) >= 11 is -0.548. The summed E-state index contributed by atoms with van der Waals surface area (Å²) in [5.74, 6) is -5.15. The second kappa shape index (κ2) is 8.30. The van der Waals surface area contributed by atoms with Gasteiger partial charge >= 0.3 is 190 Å². The first kappa shape index (κ1) is 21.9. The summed E-state index contributed by atoms with van der Waals surface area (Å²) in [5, 5.41) is 37.5. The maximum absolute atomic E-state index is 11.5. The molecule has 0 saturated heterocycles. The maximum atomic E-state index is 11.5. The summed E-state index contributed by atoms with van der Waals surface area (Å²) in [7, 11) is 0. The van der Waals surface area contributed by atoms with E-state index in [-0.39, 0.29) is 22.3 Å². The van der Waals surface area contributed by atoms with Crippen molar-refractivity contribution in [1.29, 1.82) is 0 Å². The summed E-state index contributed by atoms with van der Waals surface area (Å²) in [6.07, 6.45) is 0. The van der Waals surface area contributed by atoms with E-state index in [1.54, 1.807) is 12.1 Å². The number of carboxylic acid groups (broad SMARTS) is 4. The first-order valence-electron chi connectivity index (χ1n) is 9.15. The van der Waals surface area contributed by atoms with Crippen molar-refractivity contribution in [2.75, 3.05) is 0 Å². The van der Waals surface area contributed by atoms with Gasteiger partial charge in [0.1, 0.15) is 0 Å². The zero-order valence-electron chi connectivity index (χ0n) is 16.3. The third-order valence-corrected chi connectivity index (χ3v) is 6.00. The molecule has 164 valence electrons. The molecule has 3 aromatic carbocycles.